The molecular weight excluding hydrogens is 485 g/mol. The Morgan fingerprint density at radius 1 is 0.857 bits per heavy atom. The third-order valence-corrected chi connectivity index (χ3v) is 6.13. The highest BCUT2D eigenvalue weighted by Crippen LogP contribution is 2.29. The van der Waals surface area contributed by atoms with Crippen LogP contribution in [-0.2, 0) is 6.54 Å². The lowest BCUT2D eigenvalue weighted by atomic mass is 9.97. The summed E-state index contributed by atoms with van der Waals surface area (Å²) in [7, 11) is 1.56. The van der Waals surface area contributed by atoms with Gasteiger partial charge in [0.15, 0.2) is 0 Å². The van der Waals surface area contributed by atoms with E-state index in [9.17, 15) is 14.7 Å². The van der Waals surface area contributed by atoms with Crippen molar-refractivity contribution in [3.8, 4) is 28.0 Å². The van der Waals surface area contributed by atoms with Crippen LogP contribution in [-0.4, -0.2) is 24.1 Å². The molecule has 0 atom stereocenters. The maximum Gasteiger partial charge on any atom is 0.335 e. The minimum atomic E-state index is -1.01. The molecule has 4 aromatic carbocycles. The van der Waals surface area contributed by atoms with Crippen molar-refractivity contribution in [3.63, 3.8) is 0 Å². The van der Waals surface area contributed by atoms with Gasteiger partial charge >= 0.3 is 5.97 Å². The number of benzene rings is 4. The maximum atomic E-state index is 13.0. The molecule has 4 aromatic rings. The fraction of sp³-hybridized carbons (Fsp3) is 0.0714. The topological polar surface area (TPSA) is 75.6 Å². The summed E-state index contributed by atoms with van der Waals surface area (Å²) in [5, 5.41) is 13.2. The van der Waals surface area contributed by atoms with Crippen LogP contribution in [0.4, 0.5) is 0 Å². The van der Waals surface area contributed by atoms with Gasteiger partial charge in [0.1, 0.15) is 5.75 Å². The summed E-state index contributed by atoms with van der Waals surface area (Å²) in [4.78, 5) is 24.4. The molecule has 0 unspecified atom stereocenters. The molecule has 0 aliphatic heterocycles. The summed E-state index contributed by atoms with van der Waals surface area (Å²) in [6.07, 6.45) is 0. The lowest BCUT2D eigenvalue weighted by Crippen LogP contribution is -2.23. The Hall–Kier alpha value is -3.80. The number of ether oxygens (including phenoxy) is 1. The quantitative estimate of drug-likeness (QED) is 0.284. The second-order valence-corrected chi connectivity index (χ2v) is 8.64. The van der Waals surface area contributed by atoms with Gasteiger partial charge in [-0.2, -0.15) is 0 Å². The van der Waals surface area contributed by atoms with E-state index >= 15 is 0 Å². The Morgan fingerprint density at radius 2 is 1.60 bits per heavy atom. The van der Waals surface area contributed by atoms with Crippen molar-refractivity contribution in [2.45, 2.75) is 6.54 Å². The summed E-state index contributed by atoms with van der Waals surface area (Å²) in [5.41, 5.74) is 4.63. The Labute approximate surface area is 212 Å². The molecule has 0 saturated carbocycles. The molecule has 35 heavy (non-hydrogen) atoms. The molecule has 0 aromatic heterocycles. The third-order valence-electron chi connectivity index (χ3n) is 5.56. The van der Waals surface area contributed by atoms with E-state index in [0.29, 0.717) is 21.4 Å². The standard InChI is InChI=1S/C28H21Cl2NO4/c1-35-23-10-12-24(19-3-2-4-20(13-19)28(33)34)21(14-23)16-31-27(32)25-11-7-18(15-26(25)30)17-5-8-22(29)9-6-17/h2-15H,16H2,1H3,(H,31,32)(H,33,34). The SMILES string of the molecule is COc1ccc(-c2cccc(C(=O)O)c2)c(CNC(=O)c2ccc(-c3ccc(Cl)cc3)cc2Cl)c1. The molecule has 4 rings (SSSR count). The summed E-state index contributed by atoms with van der Waals surface area (Å²) in [6, 6.07) is 24.7. The lowest BCUT2D eigenvalue weighted by molar-refractivity contribution is 0.0696. The van der Waals surface area contributed by atoms with E-state index in [1.807, 2.05) is 36.4 Å². The van der Waals surface area contributed by atoms with Crippen LogP contribution in [0, 0.1) is 0 Å². The molecule has 0 bridgehead atoms. The van der Waals surface area contributed by atoms with Gasteiger partial charge in [-0.05, 0) is 76.3 Å². The summed E-state index contributed by atoms with van der Waals surface area (Å²) >= 11 is 12.4. The Balaban J connectivity index is 1.57. The molecule has 0 aliphatic rings. The predicted molar refractivity (Wildman–Crippen MR) is 138 cm³/mol. The molecule has 0 saturated heterocycles. The fourth-order valence-electron chi connectivity index (χ4n) is 3.74. The molecule has 176 valence electrons. The third kappa shape index (κ3) is 5.65. The molecule has 1 amide bonds. The van der Waals surface area contributed by atoms with E-state index in [1.54, 1.807) is 49.6 Å². The van der Waals surface area contributed by atoms with Crippen molar-refractivity contribution >= 4 is 35.1 Å². The molecule has 0 fully saturated rings. The normalized spacial score (nSPS) is 10.6. The largest absolute Gasteiger partial charge is 0.497 e. The molecule has 2 N–H and O–H groups in total. The van der Waals surface area contributed by atoms with Crippen molar-refractivity contribution < 1.29 is 19.4 Å². The Bertz CT molecular complexity index is 1400. The molecule has 0 aliphatic carbocycles. The molecule has 7 heteroatoms. The number of aromatic carboxylic acids is 1. The van der Waals surface area contributed by atoms with Crippen LogP contribution in [0.2, 0.25) is 10.0 Å². The van der Waals surface area contributed by atoms with Crippen LogP contribution in [0.3, 0.4) is 0 Å². The minimum absolute atomic E-state index is 0.181. The molecule has 0 heterocycles. The van der Waals surface area contributed by atoms with Crippen LogP contribution < -0.4 is 10.1 Å². The number of hydrogen-bond donors (Lipinski definition) is 2. The number of amides is 1. The van der Waals surface area contributed by atoms with Crippen molar-refractivity contribution in [3.05, 3.63) is 112 Å². The smallest absolute Gasteiger partial charge is 0.335 e. The predicted octanol–water partition coefficient (Wildman–Crippen LogP) is 6.96. The van der Waals surface area contributed by atoms with Crippen molar-refractivity contribution in [2.24, 2.45) is 0 Å². The van der Waals surface area contributed by atoms with E-state index < -0.39 is 5.97 Å². The fourth-order valence-corrected chi connectivity index (χ4v) is 4.13. The first-order chi connectivity index (χ1) is 16.9. The maximum absolute atomic E-state index is 13.0. The second kappa shape index (κ2) is 10.6. The second-order valence-electron chi connectivity index (χ2n) is 7.79. The van der Waals surface area contributed by atoms with Gasteiger partial charge in [0, 0.05) is 11.6 Å². The number of carboxylic acid groups (broad SMARTS) is 1. The number of rotatable bonds is 7. The van der Waals surface area contributed by atoms with E-state index in [2.05, 4.69) is 5.32 Å². The summed E-state index contributed by atoms with van der Waals surface area (Å²) in [5.74, 6) is -0.713. The van der Waals surface area contributed by atoms with Crippen molar-refractivity contribution in [1.82, 2.24) is 5.32 Å². The first-order valence-corrected chi connectivity index (χ1v) is 11.5. The summed E-state index contributed by atoms with van der Waals surface area (Å²) < 4.78 is 5.34. The van der Waals surface area contributed by atoms with Crippen LogP contribution in [0.1, 0.15) is 26.3 Å². The molecule has 5 nitrogen and oxygen atoms in total. The number of halogens is 2. The van der Waals surface area contributed by atoms with E-state index in [1.165, 1.54) is 6.07 Å². The first-order valence-electron chi connectivity index (χ1n) is 10.7. The van der Waals surface area contributed by atoms with E-state index in [-0.39, 0.29) is 18.0 Å². The number of nitrogens with one attached hydrogen (secondary N) is 1. The highest BCUT2D eigenvalue weighted by Gasteiger charge is 2.14. The summed E-state index contributed by atoms with van der Waals surface area (Å²) in [6.45, 7) is 0.192. The lowest BCUT2D eigenvalue weighted by Gasteiger charge is -2.14. The highest BCUT2D eigenvalue weighted by atomic mass is 35.5. The van der Waals surface area contributed by atoms with Crippen LogP contribution in [0.15, 0.2) is 84.9 Å². The zero-order valence-electron chi connectivity index (χ0n) is 18.7. The Kier molecular flexibility index (Phi) is 7.39. The number of hydrogen-bond acceptors (Lipinski definition) is 3. The number of carbonyl (C=O) groups excluding carboxylic acids is 1. The molecule has 0 spiro atoms. The first kappa shape index (κ1) is 24.3. The highest BCUT2D eigenvalue weighted by molar-refractivity contribution is 6.34. The zero-order valence-corrected chi connectivity index (χ0v) is 20.2. The van der Waals surface area contributed by atoms with Crippen LogP contribution >= 0.6 is 23.2 Å². The van der Waals surface area contributed by atoms with Gasteiger partial charge in [-0.25, -0.2) is 4.79 Å². The number of carboxylic acids is 1. The van der Waals surface area contributed by atoms with Crippen molar-refractivity contribution in [2.75, 3.05) is 7.11 Å². The van der Waals surface area contributed by atoms with Gasteiger partial charge in [-0.3, -0.25) is 4.79 Å². The van der Waals surface area contributed by atoms with Gasteiger partial charge in [-0.1, -0.05) is 59.6 Å². The van der Waals surface area contributed by atoms with Crippen LogP contribution in [0.25, 0.3) is 22.3 Å². The molecular formula is C28H21Cl2NO4. The van der Waals surface area contributed by atoms with Gasteiger partial charge < -0.3 is 15.2 Å². The van der Waals surface area contributed by atoms with Crippen LogP contribution in [0.5, 0.6) is 5.75 Å². The van der Waals surface area contributed by atoms with Gasteiger partial charge in [-0.15, -0.1) is 0 Å². The van der Waals surface area contributed by atoms with Gasteiger partial charge in [0.25, 0.3) is 5.91 Å². The molecule has 0 radical (unpaired) electrons. The Morgan fingerprint density at radius 3 is 2.29 bits per heavy atom. The van der Waals surface area contributed by atoms with E-state index in [4.69, 9.17) is 27.9 Å². The average molecular weight is 506 g/mol. The van der Waals surface area contributed by atoms with Gasteiger partial charge in [0.2, 0.25) is 0 Å². The number of methoxy groups -OCH3 is 1. The van der Waals surface area contributed by atoms with E-state index in [0.717, 1.165) is 27.8 Å². The van der Waals surface area contributed by atoms with Crippen molar-refractivity contribution in [1.29, 1.82) is 0 Å². The van der Waals surface area contributed by atoms with Gasteiger partial charge in [0.05, 0.1) is 23.3 Å². The average Bonchev–Trinajstić information content (AvgIpc) is 2.87. The monoisotopic (exact) mass is 505 g/mol. The minimum Gasteiger partial charge on any atom is -0.497 e. The number of carbonyl (C=O) groups is 2. The zero-order chi connectivity index (χ0) is 24.9.